The van der Waals surface area contributed by atoms with Crippen LogP contribution in [0.15, 0.2) is 38.0 Å². The van der Waals surface area contributed by atoms with E-state index in [2.05, 4.69) is 20.8 Å². The molecule has 3 aromatic rings. The SMILES string of the molecule is Cc1cc(NC(=O)[C@H](C)Nc2ccc3oc(=O)[nH]c3c2)no1. The fraction of sp³-hybridized carbons (Fsp3) is 0.214. The summed E-state index contributed by atoms with van der Waals surface area (Å²) >= 11 is 0. The average Bonchev–Trinajstić information content (AvgIpc) is 3.03. The van der Waals surface area contributed by atoms with Crippen molar-refractivity contribution in [1.29, 1.82) is 0 Å². The van der Waals surface area contributed by atoms with E-state index in [-0.39, 0.29) is 5.91 Å². The Morgan fingerprint density at radius 3 is 2.91 bits per heavy atom. The van der Waals surface area contributed by atoms with E-state index in [1.54, 1.807) is 38.1 Å². The summed E-state index contributed by atoms with van der Waals surface area (Å²) in [7, 11) is 0. The van der Waals surface area contributed by atoms with Crippen LogP contribution in [0.4, 0.5) is 11.5 Å². The fourth-order valence-corrected chi connectivity index (χ4v) is 2.02. The molecule has 114 valence electrons. The summed E-state index contributed by atoms with van der Waals surface area (Å²) in [5.74, 6) is 0.212. The molecule has 0 radical (unpaired) electrons. The van der Waals surface area contributed by atoms with Crippen LogP contribution in [0.1, 0.15) is 12.7 Å². The van der Waals surface area contributed by atoms with Gasteiger partial charge in [0.1, 0.15) is 11.8 Å². The first-order valence-electron chi connectivity index (χ1n) is 6.65. The Morgan fingerprint density at radius 1 is 1.36 bits per heavy atom. The molecule has 0 aliphatic rings. The highest BCUT2D eigenvalue weighted by molar-refractivity contribution is 5.95. The van der Waals surface area contributed by atoms with Gasteiger partial charge in [0.15, 0.2) is 11.4 Å². The van der Waals surface area contributed by atoms with E-state index < -0.39 is 11.8 Å². The first-order valence-corrected chi connectivity index (χ1v) is 6.65. The lowest BCUT2D eigenvalue weighted by Crippen LogP contribution is -2.31. The normalized spacial score (nSPS) is 12.3. The van der Waals surface area contributed by atoms with Gasteiger partial charge in [-0.1, -0.05) is 5.16 Å². The van der Waals surface area contributed by atoms with Crippen LogP contribution in [0, 0.1) is 6.92 Å². The monoisotopic (exact) mass is 302 g/mol. The third kappa shape index (κ3) is 2.85. The lowest BCUT2D eigenvalue weighted by molar-refractivity contribution is -0.116. The topological polar surface area (TPSA) is 113 Å². The van der Waals surface area contributed by atoms with Crippen molar-refractivity contribution in [1.82, 2.24) is 10.1 Å². The second-order valence-electron chi connectivity index (χ2n) is 4.90. The Hall–Kier alpha value is -3.03. The van der Waals surface area contributed by atoms with Crippen LogP contribution in [0.3, 0.4) is 0 Å². The largest absolute Gasteiger partial charge is 0.417 e. The number of aromatic amines is 1. The number of nitrogens with one attached hydrogen (secondary N) is 3. The summed E-state index contributed by atoms with van der Waals surface area (Å²) < 4.78 is 9.80. The van der Waals surface area contributed by atoms with Gasteiger partial charge >= 0.3 is 5.76 Å². The maximum Gasteiger partial charge on any atom is 0.417 e. The molecule has 22 heavy (non-hydrogen) atoms. The maximum absolute atomic E-state index is 12.1. The van der Waals surface area contributed by atoms with Crippen molar-refractivity contribution < 1.29 is 13.7 Å². The third-order valence-corrected chi connectivity index (χ3v) is 3.07. The van der Waals surface area contributed by atoms with E-state index in [1.165, 1.54) is 0 Å². The Bertz CT molecular complexity index is 876. The molecule has 2 aromatic heterocycles. The minimum atomic E-state index is -0.514. The molecule has 1 aromatic carbocycles. The number of aromatic nitrogens is 2. The Labute approximate surface area is 124 Å². The van der Waals surface area contributed by atoms with E-state index in [4.69, 9.17) is 8.94 Å². The Kier molecular flexibility index (Phi) is 3.42. The number of carbonyl (C=O) groups excluding carboxylic acids is 1. The predicted octanol–water partition coefficient (Wildman–Crippen LogP) is 1.86. The van der Waals surface area contributed by atoms with Gasteiger partial charge in [-0.2, -0.15) is 0 Å². The van der Waals surface area contributed by atoms with Crippen molar-refractivity contribution >= 4 is 28.5 Å². The average molecular weight is 302 g/mol. The van der Waals surface area contributed by atoms with Gasteiger partial charge in [-0.3, -0.25) is 9.78 Å². The number of rotatable bonds is 4. The van der Waals surface area contributed by atoms with Gasteiger partial charge in [-0.25, -0.2) is 4.79 Å². The molecule has 3 N–H and O–H groups in total. The molecule has 2 heterocycles. The summed E-state index contributed by atoms with van der Waals surface area (Å²) in [6.07, 6.45) is 0. The van der Waals surface area contributed by atoms with E-state index in [1.807, 2.05) is 0 Å². The minimum absolute atomic E-state index is 0.255. The molecule has 0 saturated carbocycles. The second-order valence-corrected chi connectivity index (χ2v) is 4.90. The molecular formula is C14H14N4O4. The van der Waals surface area contributed by atoms with Crippen LogP contribution in [0.2, 0.25) is 0 Å². The molecule has 8 heteroatoms. The van der Waals surface area contributed by atoms with Gasteiger partial charge in [0.05, 0.1) is 5.52 Å². The number of H-pyrrole nitrogens is 1. The van der Waals surface area contributed by atoms with Crippen molar-refractivity contribution in [3.05, 3.63) is 40.6 Å². The van der Waals surface area contributed by atoms with Crippen molar-refractivity contribution in [2.24, 2.45) is 0 Å². The van der Waals surface area contributed by atoms with Gasteiger partial charge in [0.25, 0.3) is 0 Å². The van der Waals surface area contributed by atoms with Crippen LogP contribution >= 0.6 is 0 Å². The zero-order valence-corrected chi connectivity index (χ0v) is 12.0. The number of amides is 1. The number of aryl methyl sites for hydroxylation is 1. The highest BCUT2D eigenvalue weighted by Crippen LogP contribution is 2.17. The second kappa shape index (κ2) is 5.40. The fourth-order valence-electron chi connectivity index (χ4n) is 2.02. The minimum Gasteiger partial charge on any atom is -0.408 e. The molecule has 0 unspecified atom stereocenters. The number of benzene rings is 1. The standard InChI is InChI=1S/C14H14N4O4/c1-7-5-12(18-22-7)17-13(19)8(2)15-9-3-4-11-10(6-9)16-14(20)21-11/h3-6,8,15H,1-2H3,(H,16,20)(H,17,18,19)/t8-/m0/s1. The molecule has 0 bridgehead atoms. The molecule has 1 atom stereocenters. The van der Waals surface area contributed by atoms with Crippen molar-refractivity contribution in [2.75, 3.05) is 10.6 Å². The van der Waals surface area contributed by atoms with Gasteiger partial charge in [0.2, 0.25) is 5.91 Å². The Morgan fingerprint density at radius 2 is 2.18 bits per heavy atom. The van der Waals surface area contributed by atoms with Crippen LogP contribution in [0.5, 0.6) is 0 Å². The summed E-state index contributed by atoms with van der Waals surface area (Å²) in [6.45, 7) is 3.45. The van der Waals surface area contributed by atoms with Gasteiger partial charge in [-0.05, 0) is 32.0 Å². The van der Waals surface area contributed by atoms with E-state index >= 15 is 0 Å². The molecule has 0 fully saturated rings. The summed E-state index contributed by atoms with van der Waals surface area (Å²) in [6, 6.07) is 6.20. The van der Waals surface area contributed by atoms with Crippen molar-refractivity contribution in [2.45, 2.75) is 19.9 Å². The molecule has 0 spiro atoms. The first kappa shape index (κ1) is 13.9. The number of hydrogen-bond donors (Lipinski definition) is 3. The highest BCUT2D eigenvalue weighted by Gasteiger charge is 2.15. The molecule has 3 rings (SSSR count). The molecule has 0 aliphatic heterocycles. The highest BCUT2D eigenvalue weighted by atomic mass is 16.5. The van der Waals surface area contributed by atoms with E-state index in [0.29, 0.717) is 28.4 Å². The molecular weight excluding hydrogens is 288 g/mol. The zero-order chi connectivity index (χ0) is 15.7. The number of carbonyl (C=O) groups is 1. The van der Waals surface area contributed by atoms with Gasteiger partial charge in [0, 0.05) is 11.8 Å². The summed E-state index contributed by atoms with van der Waals surface area (Å²) in [5.41, 5.74) is 1.71. The number of hydrogen-bond acceptors (Lipinski definition) is 6. The summed E-state index contributed by atoms with van der Waals surface area (Å²) in [5, 5.41) is 9.38. The number of anilines is 2. The quantitative estimate of drug-likeness (QED) is 0.678. The molecule has 0 aliphatic carbocycles. The summed E-state index contributed by atoms with van der Waals surface area (Å²) in [4.78, 5) is 25.7. The lowest BCUT2D eigenvalue weighted by atomic mass is 10.2. The maximum atomic E-state index is 12.1. The van der Waals surface area contributed by atoms with Crippen molar-refractivity contribution in [3.63, 3.8) is 0 Å². The lowest BCUT2D eigenvalue weighted by Gasteiger charge is -2.14. The molecule has 0 saturated heterocycles. The zero-order valence-electron chi connectivity index (χ0n) is 12.0. The van der Waals surface area contributed by atoms with Crippen LogP contribution in [-0.2, 0) is 4.79 Å². The Balaban J connectivity index is 1.70. The van der Waals surface area contributed by atoms with Gasteiger partial charge < -0.3 is 19.6 Å². The van der Waals surface area contributed by atoms with E-state index in [0.717, 1.165) is 0 Å². The first-order chi connectivity index (χ1) is 10.5. The number of oxazole rings is 1. The smallest absolute Gasteiger partial charge is 0.408 e. The van der Waals surface area contributed by atoms with E-state index in [9.17, 15) is 9.59 Å². The molecule has 8 nitrogen and oxygen atoms in total. The van der Waals surface area contributed by atoms with Crippen LogP contribution in [0.25, 0.3) is 11.1 Å². The third-order valence-electron chi connectivity index (χ3n) is 3.07. The van der Waals surface area contributed by atoms with Gasteiger partial charge in [-0.15, -0.1) is 0 Å². The molecule has 1 amide bonds. The number of nitrogens with zero attached hydrogens (tertiary/aromatic N) is 1. The predicted molar refractivity (Wildman–Crippen MR) is 79.8 cm³/mol. The number of fused-ring (bicyclic) bond motifs is 1. The van der Waals surface area contributed by atoms with Crippen molar-refractivity contribution in [3.8, 4) is 0 Å². The van der Waals surface area contributed by atoms with Crippen LogP contribution < -0.4 is 16.4 Å². The van der Waals surface area contributed by atoms with Crippen LogP contribution in [-0.4, -0.2) is 22.1 Å².